The van der Waals surface area contributed by atoms with E-state index < -0.39 is 4.92 Å². The van der Waals surface area contributed by atoms with Crippen molar-refractivity contribution in [3.05, 3.63) is 34.4 Å². The maximum absolute atomic E-state index is 12.5. The number of rotatable bonds is 4. The molecule has 2 aliphatic rings. The summed E-state index contributed by atoms with van der Waals surface area (Å²) in [6, 6.07) is 5.41. The van der Waals surface area contributed by atoms with E-state index in [1.54, 1.807) is 0 Å². The molecule has 0 saturated carbocycles. The predicted molar refractivity (Wildman–Crippen MR) is 102 cm³/mol. The third-order valence-corrected chi connectivity index (χ3v) is 5.14. The van der Waals surface area contributed by atoms with E-state index >= 15 is 0 Å². The molecule has 0 bridgehead atoms. The van der Waals surface area contributed by atoms with Crippen LogP contribution in [0.2, 0.25) is 0 Å². The summed E-state index contributed by atoms with van der Waals surface area (Å²) in [5, 5.41) is 13.5. The minimum atomic E-state index is -0.480. The summed E-state index contributed by atoms with van der Waals surface area (Å²) in [5.74, 6) is -0.179. The number of nitrogens with one attached hydrogen (secondary N) is 1. The molecule has 1 aromatic rings. The number of carbonyl (C=O) groups excluding carboxylic acids is 2. The molecule has 10 nitrogen and oxygen atoms in total. The van der Waals surface area contributed by atoms with Gasteiger partial charge in [-0.25, -0.2) is 4.79 Å². The van der Waals surface area contributed by atoms with Gasteiger partial charge in [0.1, 0.15) is 0 Å². The molecule has 1 aromatic carbocycles. The van der Waals surface area contributed by atoms with Crippen molar-refractivity contribution in [3.8, 4) is 0 Å². The largest absolute Gasteiger partial charge is 0.378 e. The summed E-state index contributed by atoms with van der Waals surface area (Å²) >= 11 is 0. The molecule has 0 aliphatic carbocycles. The minimum Gasteiger partial charge on any atom is -0.378 e. The molecule has 2 aliphatic heterocycles. The Morgan fingerprint density at radius 2 is 1.61 bits per heavy atom. The zero-order valence-corrected chi connectivity index (χ0v) is 15.9. The highest BCUT2D eigenvalue weighted by molar-refractivity contribution is 5.94. The Kier molecular flexibility index (Phi) is 6.42. The summed E-state index contributed by atoms with van der Waals surface area (Å²) in [7, 11) is 0. The maximum Gasteiger partial charge on any atom is 0.320 e. The fourth-order valence-corrected chi connectivity index (χ4v) is 3.33. The summed E-state index contributed by atoms with van der Waals surface area (Å²) in [5.41, 5.74) is 0.496. The van der Waals surface area contributed by atoms with Gasteiger partial charge in [0.05, 0.1) is 24.2 Å². The van der Waals surface area contributed by atoms with Crippen molar-refractivity contribution in [1.82, 2.24) is 14.7 Å². The van der Waals surface area contributed by atoms with Crippen LogP contribution in [0.25, 0.3) is 0 Å². The molecular formula is C18H25N5O5. The lowest BCUT2D eigenvalue weighted by Crippen LogP contribution is -2.57. The summed E-state index contributed by atoms with van der Waals surface area (Å²) < 4.78 is 5.28. The monoisotopic (exact) mass is 391 g/mol. The Labute approximate surface area is 163 Å². The van der Waals surface area contributed by atoms with E-state index in [1.807, 2.05) is 21.6 Å². The van der Waals surface area contributed by atoms with E-state index in [-0.39, 0.29) is 23.7 Å². The molecule has 0 radical (unpaired) electrons. The first-order valence-electron chi connectivity index (χ1n) is 9.36. The van der Waals surface area contributed by atoms with Crippen LogP contribution in [-0.2, 0) is 9.53 Å². The van der Waals surface area contributed by atoms with Crippen molar-refractivity contribution in [2.24, 2.45) is 0 Å². The molecule has 0 spiro atoms. The molecule has 2 heterocycles. The van der Waals surface area contributed by atoms with Gasteiger partial charge in [0.2, 0.25) is 5.91 Å². The SMILES string of the molecule is CC(C(=O)Nc1ccc([N+](=O)[O-])cc1)N1CCN(C(=O)N2CCOCC2)CC1. The summed E-state index contributed by atoms with van der Waals surface area (Å²) in [6.07, 6.45) is 0. The van der Waals surface area contributed by atoms with Crippen LogP contribution in [0.4, 0.5) is 16.2 Å². The number of anilines is 1. The third-order valence-electron chi connectivity index (χ3n) is 5.14. The normalized spacial score (nSPS) is 19.2. The van der Waals surface area contributed by atoms with Gasteiger partial charge >= 0.3 is 6.03 Å². The second-order valence-electron chi connectivity index (χ2n) is 6.87. The number of ether oxygens (including phenoxy) is 1. The standard InChI is InChI=1S/C18H25N5O5/c1-14(17(24)19-15-2-4-16(5-3-15)23(26)27)20-6-8-21(9-7-20)18(25)22-10-12-28-13-11-22/h2-5,14H,6-13H2,1H3,(H,19,24). The number of urea groups is 1. The lowest BCUT2D eigenvalue weighted by atomic mass is 10.2. The third kappa shape index (κ3) is 4.76. The Hall–Kier alpha value is -2.72. The van der Waals surface area contributed by atoms with Crippen LogP contribution >= 0.6 is 0 Å². The molecule has 28 heavy (non-hydrogen) atoms. The van der Waals surface area contributed by atoms with E-state index in [0.717, 1.165) is 0 Å². The molecule has 3 rings (SSSR count). The first-order valence-corrected chi connectivity index (χ1v) is 9.36. The predicted octanol–water partition coefficient (Wildman–Crippen LogP) is 0.992. The van der Waals surface area contributed by atoms with Crippen LogP contribution in [-0.4, -0.2) is 90.1 Å². The summed E-state index contributed by atoms with van der Waals surface area (Å²) in [6.45, 7) is 6.59. The minimum absolute atomic E-state index is 0.0212. The van der Waals surface area contributed by atoms with Crippen molar-refractivity contribution < 1.29 is 19.2 Å². The van der Waals surface area contributed by atoms with Crippen LogP contribution in [0.5, 0.6) is 0 Å². The van der Waals surface area contributed by atoms with E-state index in [1.165, 1.54) is 24.3 Å². The number of benzene rings is 1. The second-order valence-corrected chi connectivity index (χ2v) is 6.87. The summed E-state index contributed by atoms with van der Waals surface area (Å²) in [4.78, 5) is 40.9. The van der Waals surface area contributed by atoms with Gasteiger partial charge in [0.15, 0.2) is 0 Å². The lowest BCUT2D eigenvalue weighted by Gasteiger charge is -2.40. The van der Waals surface area contributed by atoms with Crippen LogP contribution < -0.4 is 5.32 Å². The zero-order valence-electron chi connectivity index (χ0n) is 15.9. The van der Waals surface area contributed by atoms with Gasteiger partial charge in [-0.2, -0.15) is 0 Å². The maximum atomic E-state index is 12.5. The lowest BCUT2D eigenvalue weighted by molar-refractivity contribution is -0.384. The van der Waals surface area contributed by atoms with Crippen LogP contribution in [0.15, 0.2) is 24.3 Å². The first kappa shape index (κ1) is 20.0. The van der Waals surface area contributed by atoms with Crippen molar-refractivity contribution in [2.45, 2.75) is 13.0 Å². The smallest absolute Gasteiger partial charge is 0.320 e. The van der Waals surface area contributed by atoms with Gasteiger partial charge in [-0.15, -0.1) is 0 Å². The highest BCUT2D eigenvalue weighted by Crippen LogP contribution is 2.17. The second kappa shape index (κ2) is 8.98. The van der Waals surface area contributed by atoms with Crippen LogP contribution in [0.1, 0.15) is 6.92 Å². The first-order chi connectivity index (χ1) is 13.5. The highest BCUT2D eigenvalue weighted by Gasteiger charge is 2.30. The average Bonchev–Trinajstić information content (AvgIpc) is 2.73. The van der Waals surface area contributed by atoms with Crippen molar-refractivity contribution in [3.63, 3.8) is 0 Å². The molecule has 1 atom stereocenters. The highest BCUT2D eigenvalue weighted by atomic mass is 16.6. The van der Waals surface area contributed by atoms with E-state index in [4.69, 9.17) is 4.74 Å². The van der Waals surface area contributed by atoms with Gasteiger partial charge in [0, 0.05) is 57.1 Å². The number of nitro groups is 1. The Morgan fingerprint density at radius 3 is 2.18 bits per heavy atom. The van der Waals surface area contributed by atoms with E-state index in [2.05, 4.69) is 5.32 Å². The van der Waals surface area contributed by atoms with Crippen LogP contribution in [0.3, 0.4) is 0 Å². The molecule has 10 heteroatoms. The molecule has 2 saturated heterocycles. The molecule has 2 fully saturated rings. The Morgan fingerprint density at radius 1 is 1.04 bits per heavy atom. The number of nitro benzene ring substituents is 1. The van der Waals surface area contributed by atoms with Crippen molar-refractivity contribution in [1.29, 1.82) is 0 Å². The van der Waals surface area contributed by atoms with Gasteiger partial charge in [-0.1, -0.05) is 0 Å². The molecule has 0 aromatic heterocycles. The quantitative estimate of drug-likeness (QED) is 0.606. The topological polar surface area (TPSA) is 108 Å². The number of carbonyl (C=O) groups is 2. The fraction of sp³-hybridized carbons (Fsp3) is 0.556. The average molecular weight is 391 g/mol. The number of hydrogen-bond donors (Lipinski definition) is 1. The zero-order chi connectivity index (χ0) is 20.1. The van der Waals surface area contributed by atoms with Gasteiger partial charge in [-0.3, -0.25) is 19.8 Å². The van der Waals surface area contributed by atoms with Gasteiger partial charge in [0.25, 0.3) is 5.69 Å². The number of hydrogen-bond acceptors (Lipinski definition) is 6. The van der Waals surface area contributed by atoms with Crippen molar-refractivity contribution >= 4 is 23.3 Å². The van der Waals surface area contributed by atoms with E-state index in [0.29, 0.717) is 58.2 Å². The number of piperazine rings is 1. The van der Waals surface area contributed by atoms with E-state index in [9.17, 15) is 19.7 Å². The molecule has 1 N–H and O–H groups in total. The fourth-order valence-electron chi connectivity index (χ4n) is 3.33. The van der Waals surface area contributed by atoms with Gasteiger partial charge < -0.3 is 19.9 Å². The van der Waals surface area contributed by atoms with Crippen LogP contribution in [0, 0.1) is 10.1 Å². The molecule has 152 valence electrons. The number of amides is 3. The molecule has 1 unspecified atom stereocenters. The molecular weight excluding hydrogens is 366 g/mol. The Balaban J connectivity index is 1.48. The number of morpholine rings is 1. The Bertz CT molecular complexity index is 712. The van der Waals surface area contributed by atoms with Crippen molar-refractivity contribution in [2.75, 3.05) is 57.8 Å². The number of nitrogens with zero attached hydrogens (tertiary/aromatic N) is 4. The van der Waals surface area contributed by atoms with Gasteiger partial charge in [-0.05, 0) is 19.1 Å². The number of non-ortho nitro benzene ring substituents is 1. The molecule has 3 amide bonds.